The second kappa shape index (κ2) is 5.10. The summed E-state index contributed by atoms with van der Waals surface area (Å²) in [5.74, 6) is -0.603. The van der Waals surface area contributed by atoms with Crippen LogP contribution in [0.25, 0.3) is 0 Å². The van der Waals surface area contributed by atoms with Gasteiger partial charge in [-0.1, -0.05) is 0 Å². The standard InChI is InChI=1S/C14H10F3N3O/c15-14(16,17)11-6-10(3-2-9(11)7-18)20-12(21)13(8-19)4-1-5-13/h2-3,6H,1,4-5H2,(H,20,21). The van der Waals surface area contributed by atoms with Crippen LogP contribution in [0, 0.1) is 28.1 Å². The lowest BCUT2D eigenvalue weighted by Crippen LogP contribution is -2.40. The molecule has 1 aliphatic carbocycles. The molecule has 0 aromatic heterocycles. The van der Waals surface area contributed by atoms with Gasteiger partial charge < -0.3 is 5.32 Å². The Labute approximate surface area is 118 Å². The lowest BCUT2D eigenvalue weighted by Gasteiger charge is -2.33. The second-order valence-corrected chi connectivity index (χ2v) is 4.87. The zero-order valence-electron chi connectivity index (χ0n) is 10.8. The van der Waals surface area contributed by atoms with Gasteiger partial charge in [-0.05, 0) is 37.5 Å². The number of hydrogen-bond donors (Lipinski definition) is 1. The van der Waals surface area contributed by atoms with E-state index in [9.17, 15) is 18.0 Å². The van der Waals surface area contributed by atoms with Gasteiger partial charge in [-0.2, -0.15) is 23.7 Å². The number of hydrogen-bond acceptors (Lipinski definition) is 3. The van der Waals surface area contributed by atoms with Crippen molar-refractivity contribution < 1.29 is 18.0 Å². The number of carbonyl (C=O) groups excluding carboxylic acids is 1. The fourth-order valence-electron chi connectivity index (χ4n) is 2.12. The van der Waals surface area contributed by atoms with Gasteiger partial charge in [0.15, 0.2) is 0 Å². The molecule has 1 N–H and O–H groups in total. The highest BCUT2D eigenvalue weighted by molar-refractivity contribution is 5.98. The molecule has 0 radical (unpaired) electrons. The zero-order chi connectivity index (χ0) is 15.7. The Morgan fingerprint density at radius 3 is 2.38 bits per heavy atom. The van der Waals surface area contributed by atoms with Gasteiger partial charge in [0.2, 0.25) is 5.91 Å². The third-order valence-corrected chi connectivity index (χ3v) is 3.56. The molecule has 1 aromatic carbocycles. The normalized spacial score (nSPS) is 16.2. The Morgan fingerprint density at radius 2 is 1.95 bits per heavy atom. The van der Waals surface area contributed by atoms with Gasteiger partial charge in [0.05, 0.1) is 23.3 Å². The largest absolute Gasteiger partial charge is 0.417 e. The Bertz CT molecular complexity index is 664. The number of rotatable bonds is 2. The molecule has 1 saturated carbocycles. The molecule has 1 aliphatic rings. The Balaban J connectivity index is 2.29. The van der Waals surface area contributed by atoms with Crippen molar-refractivity contribution >= 4 is 11.6 Å². The van der Waals surface area contributed by atoms with Crippen LogP contribution in [0.2, 0.25) is 0 Å². The van der Waals surface area contributed by atoms with Gasteiger partial charge in [-0.25, -0.2) is 0 Å². The smallest absolute Gasteiger partial charge is 0.325 e. The maximum atomic E-state index is 12.8. The summed E-state index contributed by atoms with van der Waals surface area (Å²) in [6, 6.07) is 6.30. The van der Waals surface area contributed by atoms with E-state index in [2.05, 4.69) is 5.32 Å². The Morgan fingerprint density at radius 1 is 1.29 bits per heavy atom. The van der Waals surface area contributed by atoms with Crippen molar-refractivity contribution in [2.75, 3.05) is 5.32 Å². The van der Waals surface area contributed by atoms with Gasteiger partial charge in [0.1, 0.15) is 5.41 Å². The first-order valence-corrected chi connectivity index (χ1v) is 6.16. The summed E-state index contributed by atoms with van der Waals surface area (Å²) in [4.78, 5) is 12.0. The molecule has 4 nitrogen and oxygen atoms in total. The number of anilines is 1. The first-order chi connectivity index (χ1) is 9.82. The molecule has 0 saturated heterocycles. The summed E-state index contributed by atoms with van der Waals surface area (Å²) in [5, 5.41) is 20.0. The van der Waals surface area contributed by atoms with E-state index in [0.717, 1.165) is 12.5 Å². The summed E-state index contributed by atoms with van der Waals surface area (Å²) < 4.78 is 38.4. The number of amides is 1. The van der Waals surface area contributed by atoms with E-state index in [1.165, 1.54) is 12.1 Å². The third kappa shape index (κ3) is 2.68. The molecule has 0 aliphatic heterocycles. The van der Waals surface area contributed by atoms with E-state index in [4.69, 9.17) is 10.5 Å². The zero-order valence-corrected chi connectivity index (χ0v) is 10.8. The number of alkyl halides is 3. The number of nitriles is 2. The van der Waals surface area contributed by atoms with Crippen LogP contribution in [-0.2, 0) is 11.0 Å². The molecule has 0 unspecified atom stereocenters. The van der Waals surface area contributed by atoms with Crippen molar-refractivity contribution in [3.63, 3.8) is 0 Å². The third-order valence-electron chi connectivity index (χ3n) is 3.56. The van der Waals surface area contributed by atoms with Gasteiger partial charge in [-0.3, -0.25) is 4.79 Å². The summed E-state index contributed by atoms with van der Waals surface area (Å²) >= 11 is 0. The maximum Gasteiger partial charge on any atom is 0.417 e. The molecule has 21 heavy (non-hydrogen) atoms. The average molecular weight is 293 g/mol. The van der Waals surface area contributed by atoms with E-state index in [1.54, 1.807) is 0 Å². The topological polar surface area (TPSA) is 76.7 Å². The average Bonchev–Trinajstić information content (AvgIpc) is 2.37. The van der Waals surface area contributed by atoms with Crippen LogP contribution in [0.5, 0.6) is 0 Å². The van der Waals surface area contributed by atoms with E-state index in [0.29, 0.717) is 18.9 Å². The van der Waals surface area contributed by atoms with Crippen LogP contribution < -0.4 is 5.32 Å². The summed E-state index contributed by atoms with van der Waals surface area (Å²) in [6.45, 7) is 0. The summed E-state index contributed by atoms with van der Waals surface area (Å²) in [6.07, 6.45) is -3.15. The van der Waals surface area contributed by atoms with Crippen molar-refractivity contribution in [1.82, 2.24) is 0 Å². The highest BCUT2D eigenvalue weighted by Gasteiger charge is 2.44. The van der Waals surface area contributed by atoms with E-state index >= 15 is 0 Å². The number of nitrogens with zero attached hydrogens (tertiary/aromatic N) is 2. The number of halogens is 3. The van der Waals surface area contributed by atoms with Crippen molar-refractivity contribution in [2.24, 2.45) is 5.41 Å². The minimum Gasteiger partial charge on any atom is -0.325 e. The quantitative estimate of drug-likeness (QED) is 0.909. The molecule has 0 heterocycles. The van der Waals surface area contributed by atoms with Crippen LogP contribution in [-0.4, -0.2) is 5.91 Å². The monoisotopic (exact) mass is 293 g/mol. The minimum atomic E-state index is -4.69. The van der Waals surface area contributed by atoms with Crippen LogP contribution in [0.3, 0.4) is 0 Å². The fraction of sp³-hybridized carbons (Fsp3) is 0.357. The van der Waals surface area contributed by atoms with E-state index in [-0.39, 0.29) is 5.69 Å². The van der Waals surface area contributed by atoms with Crippen LogP contribution in [0.4, 0.5) is 18.9 Å². The van der Waals surface area contributed by atoms with Gasteiger partial charge in [0.25, 0.3) is 0 Å². The molecule has 7 heteroatoms. The molecule has 1 aromatic rings. The van der Waals surface area contributed by atoms with Crippen LogP contribution in [0.15, 0.2) is 18.2 Å². The van der Waals surface area contributed by atoms with Crippen molar-refractivity contribution in [3.05, 3.63) is 29.3 Å². The van der Waals surface area contributed by atoms with Crippen LogP contribution in [0.1, 0.15) is 30.4 Å². The first-order valence-electron chi connectivity index (χ1n) is 6.16. The lowest BCUT2D eigenvalue weighted by molar-refractivity contribution is -0.137. The summed E-state index contributed by atoms with van der Waals surface area (Å²) in [5.41, 5.74) is -2.85. The van der Waals surface area contributed by atoms with Gasteiger partial charge in [0, 0.05) is 5.69 Å². The predicted octanol–water partition coefficient (Wildman–Crippen LogP) is 3.21. The number of nitrogens with one attached hydrogen (secondary N) is 1. The molecule has 1 fully saturated rings. The van der Waals surface area contributed by atoms with Crippen LogP contribution >= 0.6 is 0 Å². The predicted molar refractivity (Wildman–Crippen MR) is 66.7 cm³/mol. The Hall–Kier alpha value is -2.54. The van der Waals surface area contributed by atoms with Crippen molar-refractivity contribution in [3.8, 4) is 12.1 Å². The maximum absolute atomic E-state index is 12.8. The molecular weight excluding hydrogens is 283 g/mol. The lowest BCUT2D eigenvalue weighted by atomic mass is 9.69. The highest BCUT2D eigenvalue weighted by atomic mass is 19.4. The van der Waals surface area contributed by atoms with Crippen molar-refractivity contribution in [1.29, 1.82) is 10.5 Å². The highest BCUT2D eigenvalue weighted by Crippen LogP contribution is 2.41. The van der Waals surface area contributed by atoms with Crippen molar-refractivity contribution in [2.45, 2.75) is 25.4 Å². The second-order valence-electron chi connectivity index (χ2n) is 4.87. The van der Waals surface area contributed by atoms with Gasteiger partial charge in [-0.15, -0.1) is 0 Å². The Kier molecular flexibility index (Phi) is 3.61. The van der Waals surface area contributed by atoms with Gasteiger partial charge >= 0.3 is 6.18 Å². The SMILES string of the molecule is N#Cc1ccc(NC(=O)C2(C#N)CCC2)cc1C(F)(F)F. The molecule has 0 atom stereocenters. The van der Waals surface area contributed by atoms with E-state index < -0.39 is 28.6 Å². The molecule has 1 amide bonds. The molecule has 2 rings (SSSR count). The van der Waals surface area contributed by atoms with E-state index in [1.807, 2.05) is 6.07 Å². The molecular formula is C14H10F3N3O. The fourth-order valence-corrected chi connectivity index (χ4v) is 2.12. The molecule has 0 spiro atoms. The first kappa shape index (κ1) is 14.9. The number of benzene rings is 1. The molecule has 108 valence electrons. The summed E-state index contributed by atoms with van der Waals surface area (Å²) in [7, 11) is 0. The minimum absolute atomic E-state index is 0.0761. The molecule has 0 bridgehead atoms. The number of carbonyl (C=O) groups is 1.